The van der Waals surface area contributed by atoms with Crippen molar-refractivity contribution < 1.29 is 14.6 Å². The zero-order chi connectivity index (χ0) is 13.7. The molecule has 1 aliphatic carbocycles. The van der Waals surface area contributed by atoms with Crippen LogP contribution in [0.25, 0.3) is 0 Å². The number of rotatable bonds is 3. The molecule has 5 nitrogen and oxygen atoms in total. The Morgan fingerprint density at radius 1 is 1.42 bits per heavy atom. The van der Waals surface area contributed by atoms with Gasteiger partial charge in [-0.15, -0.1) is 0 Å². The van der Waals surface area contributed by atoms with Crippen molar-refractivity contribution in [3.63, 3.8) is 0 Å². The SMILES string of the molecule is C[C@@H](CO)NC(=O)NC1CCOC2(CCCCC2)C1. The summed E-state index contributed by atoms with van der Waals surface area (Å²) in [6.07, 6.45) is 7.83. The Morgan fingerprint density at radius 3 is 2.84 bits per heavy atom. The highest BCUT2D eigenvalue weighted by atomic mass is 16.5. The molecule has 1 saturated heterocycles. The van der Waals surface area contributed by atoms with Crippen molar-refractivity contribution in [1.82, 2.24) is 10.6 Å². The first-order valence-corrected chi connectivity index (χ1v) is 7.45. The lowest BCUT2D eigenvalue weighted by molar-refractivity contribution is -0.107. The molecule has 0 aromatic carbocycles. The van der Waals surface area contributed by atoms with Gasteiger partial charge in [0.2, 0.25) is 0 Å². The lowest BCUT2D eigenvalue weighted by atomic mass is 9.78. The van der Waals surface area contributed by atoms with Gasteiger partial charge < -0.3 is 20.5 Å². The minimum Gasteiger partial charge on any atom is -0.394 e. The molecule has 0 aromatic rings. The third kappa shape index (κ3) is 4.08. The third-order valence-corrected chi connectivity index (χ3v) is 4.24. The predicted molar refractivity (Wildman–Crippen MR) is 73.0 cm³/mol. The normalized spacial score (nSPS) is 27.8. The molecule has 2 amide bonds. The highest BCUT2D eigenvalue weighted by Crippen LogP contribution is 2.38. The van der Waals surface area contributed by atoms with E-state index in [1.54, 1.807) is 6.92 Å². The number of aliphatic hydroxyl groups excluding tert-OH is 1. The lowest BCUT2D eigenvalue weighted by Gasteiger charge is -2.43. The summed E-state index contributed by atoms with van der Waals surface area (Å²) in [5, 5.41) is 14.7. The minimum atomic E-state index is -0.205. The zero-order valence-corrected chi connectivity index (χ0v) is 11.8. The van der Waals surface area contributed by atoms with Crippen molar-refractivity contribution in [2.75, 3.05) is 13.2 Å². The quantitative estimate of drug-likeness (QED) is 0.728. The van der Waals surface area contributed by atoms with Crippen LogP contribution in [0.5, 0.6) is 0 Å². The van der Waals surface area contributed by atoms with Crippen molar-refractivity contribution >= 4 is 6.03 Å². The molecule has 110 valence electrons. The molecule has 0 aromatic heterocycles. The smallest absolute Gasteiger partial charge is 0.315 e. The second-order valence-electron chi connectivity index (χ2n) is 5.98. The Balaban J connectivity index is 1.82. The second-order valence-corrected chi connectivity index (χ2v) is 5.98. The van der Waals surface area contributed by atoms with Crippen LogP contribution in [0.1, 0.15) is 51.9 Å². The number of hydrogen-bond acceptors (Lipinski definition) is 3. The largest absolute Gasteiger partial charge is 0.394 e. The summed E-state index contributed by atoms with van der Waals surface area (Å²) in [6.45, 7) is 2.48. The predicted octanol–water partition coefficient (Wildman–Crippen LogP) is 1.55. The van der Waals surface area contributed by atoms with E-state index in [0.29, 0.717) is 0 Å². The molecule has 2 aliphatic rings. The Hall–Kier alpha value is -0.810. The number of urea groups is 1. The van der Waals surface area contributed by atoms with Crippen LogP contribution in [-0.4, -0.2) is 42.0 Å². The van der Waals surface area contributed by atoms with E-state index in [4.69, 9.17) is 9.84 Å². The van der Waals surface area contributed by atoms with Gasteiger partial charge in [-0.1, -0.05) is 19.3 Å². The van der Waals surface area contributed by atoms with Gasteiger partial charge in [-0.3, -0.25) is 0 Å². The van der Waals surface area contributed by atoms with E-state index in [1.165, 1.54) is 19.3 Å². The summed E-state index contributed by atoms with van der Waals surface area (Å²) in [6, 6.07) is -0.194. The molecule has 1 aliphatic heterocycles. The van der Waals surface area contributed by atoms with Crippen molar-refractivity contribution in [2.24, 2.45) is 0 Å². The molecule has 2 rings (SSSR count). The summed E-state index contributed by atoms with van der Waals surface area (Å²) in [5.74, 6) is 0. The number of hydrogen-bond donors (Lipinski definition) is 3. The molecule has 1 unspecified atom stereocenters. The van der Waals surface area contributed by atoms with Crippen LogP contribution in [0.15, 0.2) is 0 Å². The average Bonchev–Trinajstić information content (AvgIpc) is 2.39. The highest BCUT2D eigenvalue weighted by molar-refractivity contribution is 5.74. The molecule has 1 spiro atoms. The Kier molecular flexibility index (Phi) is 5.05. The summed E-state index contributed by atoms with van der Waals surface area (Å²) in [4.78, 5) is 11.8. The number of amides is 2. The topological polar surface area (TPSA) is 70.6 Å². The van der Waals surface area contributed by atoms with Gasteiger partial charge in [0, 0.05) is 12.6 Å². The van der Waals surface area contributed by atoms with Gasteiger partial charge in [-0.2, -0.15) is 0 Å². The number of carbonyl (C=O) groups excluding carboxylic acids is 1. The van der Waals surface area contributed by atoms with Gasteiger partial charge in [0.05, 0.1) is 18.2 Å². The minimum absolute atomic E-state index is 0.0110. The zero-order valence-electron chi connectivity index (χ0n) is 11.8. The van der Waals surface area contributed by atoms with E-state index in [0.717, 1.165) is 32.3 Å². The van der Waals surface area contributed by atoms with Gasteiger partial charge in [0.25, 0.3) is 0 Å². The number of carbonyl (C=O) groups is 1. The fourth-order valence-corrected chi connectivity index (χ4v) is 3.19. The summed E-state index contributed by atoms with van der Waals surface area (Å²) < 4.78 is 6.01. The van der Waals surface area contributed by atoms with Crippen LogP contribution in [0.2, 0.25) is 0 Å². The molecule has 2 fully saturated rings. The highest BCUT2D eigenvalue weighted by Gasteiger charge is 2.38. The first-order valence-electron chi connectivity index (χ1n) is 7.45. The Morgan fingerprint density at radius 2 is 2.16 bits per heavy atom. The first-order chi connectivity index (χ1) is 9.13. The van der Waals surface area contributed by atoms with Crippen molar-refractivity contribution in [2.45, 2.75) is 69.6 Å². The fourth-order valence-electron chi connectivity index (χ4n) is 3.19. The fraction of sp³-hybridized carbons (Fsp3) is 0.929. The van der Waals surface area contributed by atoms with Gasteiger partial charge in [-0.05, 0) is 32.6 Å². The molecule has 3 N–H and O–H groups in total. The van der Waals surface area contributed by atoms with Crippen LogP contribution in [0.4, 0.5) is 4.79 Å². The van der Waals surface area contributed by atoms with Gasteiger partial charge in [0.1, 0.15) is 0 Å². The van der Waals surface area contributed by atoms with Crippen LogP contribution in [-0.2, 0) is 4.74 Å². The molecular formula is C14H26N2O3. The standard InChI is InChI=1S/C14H26N2O3/c1-11(10-17)15-13(18)16-12-5-8-19-14(9-12)6-3-2-4-7-14/h11-12,17H,2-10H2,1H3,(H2,15,16,18)/t11-,12?/m0/s1. The van der Waals surface area contributed by atoms with E-state index in [1.807, 2.05) is 0 Å². The molecule has 1 saturated carbocycles. The van der Waals surface area contributed by atoms with E-state index in [9.17, 15) is 4.79 Å². The maximum Gasteiger partial charge on any atom is 0.315 e. The summed E-state index contributed by atoms with van der Waals surface area (Å²) in [5.41, 5.74) is 0.0110. The molecule has 1 heterocycles. The Labute approximate surface area is 115 Å². The van der Waals surface area contributed by atoms with Gasteiger partial charge in [-0.25, -0.2) is 4.79 Å². The van der Waals surface area contributed by atoms with Crippen LogP contribution in [0.3, 0.4) is 0 Å². The van der Waals surface area contributed by atoms with Crippen molar-refractivity contribution in [3.8, 4) is 0 Å². The van der Waals surface area contributed by atoms with Crippen molar-refractivity contribution in [1.29, 1.82) is 0 Å². The van der Waals surface area contributed by atoms with E-state index >= 15 is 0 Å². The number of aliphatic hydroxyl groups is 1. The van der Waals surface area contributed by atoms with Gasteiger partial charge >= 0.3 is 6.03 Å². The number of ether oxygens (including phenoxy) is 1. The molecular weight excluding hydrogens is 244 g/mol. The maximum atomic E-state index is 11.8. The molecule has 19 heavy (non-hydrogen) atoms. The number of nitrogens with one attached hydrogen (secondary N) is 2. The molecule has 5 heteroatoms. The maximum absolute atomic E-state index is 11.8. The first kappa shape index (κ1) is 14.6. The summed E-state index contributed by atoms with van der Waals surface area (Å²) >= 11 is 0. The van der Waals surface area contributed by atoms with Crippen LogP contribution in [0, 0.1) is 0 Å². The summed E-state index contributed by atoms with van der Waals surface area (Å²) in [7, 11) is 0. The lowest BCUT2D eigenvalue weighted by Crippen LogP contribution is -2.52. The van der Waals surface area contributed by atoms with Gasteiger partial charge in [0.15, 0.2) is 0 Å². The molecule has 0 bridgehead atoms. The van der Waals surface area contributed by atoms with E-state index < -0.39 is 0 Å². The van der Waals surface area contributed by atoms with Crippen molar-refractivity contribution in [3.05, 3.63) is 0 Å². The van der Waals surface area contributed by atoms with E-state index in [2.05, 4.69) is 10.6 Å². The molecule has 0 radical (unpaired) electrons. The monoisotopic (exact) mass is 270 g/mol. The average molecular weight is 270 g/mol. The van der Waals surface area contributed by atoms with E-state index in [-0.39, 0.29) is 30.3 Å². The Bertz CT molecular complexity index is 298. The second kappa shape index (κ2) is 6.57. The molecule has 2 atom stereocenters. The third-order valence-electron chi connectivity index (χ3n) is 4.24. The van der Waals surface area contributed by atoms with Crippen LogP contribution < -0.4 is 10.6 Å². The van der Waals surface area contributed by atoms with Crippen LogP contribution >= 0.6 is 0 Å².